The number of nitrogens with zero attached hydrogens (tertiary/aromatic N) is 3. The van der Waals surface area contributed by atoms with Crippen LogP contribution in [0.4, 0.5) is 0 Å². The molecule has 0 unspecified atom stereocenters. The second-order valence-electron chi connectivity index (χ2n) is 4.05. The van der Waals surface area contributed by atoms with Gasteiger partial charge in [0.05, 0.1) is 0 Å². The highest BCUT2D eigenvalue weighted by Gasteiger charge is 1.97. The van der Waals surface area contributed by atoms with Gasteiger partial charge in [-0.25, -0.2) is 0 Å². The van der Waals surface area contributed by atoms with Crippen molar-refractivity contribution in [2.45, 2.75) is 64.7 Å². The lowest BCUT2D eigenvalue weighted by molar-refractivity contribution is 0.572. The molecule has 0 aliphatic rings. The molecule has 0 saturated carbocycles. The highest BCUT2D eigenvalue weighted by atomic mass is 15.5. The molecule has 0 aliphatic heterocycles. The van der Waals surface area contributed by atoms with Crippen LogP contribution in [0.3, 0.4) is 0 Å². The minimum absolute atomic E-state index is 0.848. The third-order valence-corrected chi connectivity index (χ3v) is 2.64. The van der Waals surface area contributed by atoms with Crippen LogP contribution in [0, 0.1) is 0 Å². The van der Waals surface area contributed by atoms with Crippen molar-refractivity contribution in [1.82, 2.24) is 20.6 Å². The first-order valence-corrected chi connectivity index (χ1v) is 6.16. The number of aromatic amines is 1. The summed E-state index contributed by atoms with van der Waals surface area (Å²) in [7, 11) is 0. The second-order valence-corrected chi connectivity index (χ2v) is 4.05. The Labute approximate surface area is 91.9 Å². The van der Waals surface area contributed by atoms with Gasteiger partial charge in [0.2, 0.25) is 0 Å². The van der Waals surface area contributed by atoms with Gasteiger partial charge in [-0.05, 0) is 6.42 Å². The molecular formula is C11H22N4. The van der Waals surface area contributed by atoms with E-state index in [-0.39, 0.29) is 0 Å². The number of aromatic nitrogens is 4. The van der Waals surface area contributed by atoms with Crippen molar-refractivity contribution in [1.29, 1.82) is 0 Å². The van der Waals surface area contributed by atoms with Gasteiger partial charge < -0.3 is 0 Å². The van der Waals surface area contributed by atoms with Gasteiger partial charge in [0.25, 0.3) is 0 Å². The van der Waals surface area contributed by atoms with Crippen molar-refractivity contribution in [3.63, 3.8) is 0 Å². The molecule has 0 atom stereocenters. The standard InChI is InChI=1S/C11H22N4/c1-2-3-4-5-6-7-8-9-10-11-12-14-15-13-11/h2-10H2,1H3,(H,12,13,14,15). The first kappa shape index (κ1) is 12.1. The van der Waals surface area contributed by atoms with Crippen molar-refractivity contribution in [2.75, 3.05) is 0 Å². The lowest BCUT2D eigenvalue weighted by Crippen LogP contribution is -1.89. The first-order chi connectivity index (χ1) is 7.43. The van der Waals surface area contributed by atoms with Crippen LogP contribution in [0.1, 0.15) is 64.1 Å². The maximum atomic E-state index is 3.93. The molecule has 0 amide bonds. The lowest BCUT2D eigenvalue weighted by Gasteiger charge is -1.99. The van der Waals surface area contributed by atoms with E-state index in [0.29, 0.717) is 0 Å². The Balaban J connectivity index is 1.81. The number of tetrazole rings is 1. The van der Waals surface area contributed by atoms with Gasteiger partial charge in [-0.2, -0.15) is 5.21 Å². The van der Waals surface area contributed by atoms with E-state index in [1.165, 1.54) is 51.4 Å². The highest BCUT2D eigenvalue weighted by Crippen LogP contribution is 2.09. The average Bonchev–Trinajstić information content (AvgIpc) is 2.75. The number of rotatable bonds is 9. The Morgan fingerprint density at radius 3 is 2.20 bits per heavy atom. The fourth-order valence-corrected chi connectivity index (χ4v) is 1.71. The SMILES string of the molecule is CCCCCCCCCCc1nn[nH]n1. The van der Waals surface area contributed by atoms with Crippen molar-refractivity contribution in [2.24, 2.45) is 0 Å². The largest absolute Gasteiger partial charge is 0.177 e. The maximum Gasteiger partial charge on any atom is 0.174 e. The molecule has 0 fully saturated rings. The first-order valence-electron chi connectivity index (χ1n) is 6.16. The Morgan fingerprint density at radius 2 is 1.60 bits per heavy atom. The number of hydrogen-bond donors (Lipinski definition) is 1. The zero-order chi connectivity index (χ0) is 10.8. The summed E-state index contributed by atoms with van der Waals surface area (Å²) >= 11 is 0. The molecule has 1 rings (SSSR count). The molecule has 4 nitrogen and oxygen atoms in total. The van der Waals surface area contributed by atoms with Gasteiger partial charge in [0.1, 0.15) is 0 Å². The third-order valence-electron chi connectivity index (χ3n) is 2.64. The Morgan fingerprint density at radius 1 is 0.933 bits per heavy atom. The summed E-state index contributed by atoms with van der Waals surface area (Å²) in [6.45, 7) is 2.25. The molecular weight excluding hydrogens is 188 g/mol. The van der Waals surface area contributed by atoms with E-state index >= 15 is 0 Å². The molecule has 1 aromatic heterocycles. The smallest absolute Gasteiger partial charge is 0.174 e. The van der Waals surface area contributed by atoms with Gasteiger partial charge in [-0.1, -0.05) is 57.1 Å². The quantitative estimate of drug-likeness (QED) is 0.638. The summed E-state index contributed by atoms with van der Waals surface area (Å²) in [5, 5.41) is 13.9. The number of hydrogen-bond acceptors (Lipinski definition) is 3. The molecule has 0 saturated heterocycles. The van der Waals surface area contributed by atoms with E-state index in [4.69, 9.17) is 0 Å². The van der Waals surface area contributed by atoms with Gasteiger partial charge in [-0.15, -0.1) is 10.2 Å². The van der Waals surface area contributed by atoms with E-state index in [9.17, 15) is 0 Å². The normalized spacial score (nSPS) is 10.7. The third kappa shape index (κ3) is 6.20. The lowest BCUT2D eigenvalue weighted by atomic mass is 10.1. The van der Waals surface area contributed by atoms with Crippen LogP contribution in [0.2, 0.25) is 0 Å². The molecule has 4 heteroatoms. The minimum Gasteiger partial charge on any atom is -0.177 e. The molecule has 0 aromatic carbocycles. The van der Waals surface area contributed by atoms with E-state index in [2.05, 4.69) is 27.5 Å². The van der Waals surface area contributed by atoms with Gasteiger partial charge >= 0.3 is 0 Å². The fourth-order valence-electron chi connectivity index (χ4n) is 1.71. The number of H-pyrrole nitrogens is 1. The van der Waals surface area contributed by atoms with Crippen LogP contribution >= 0.6 is 0 Å². The van der Waals surface area contributed by atoms with E-state index in [1.54, 1.807) is 0 Å². The van der Waals surface area contributed by atoms with Crippen LogP contribution in [0.5, 0.6) is 0 Å². The molecule has 1 heterocycles. The topological polar surface area (TPSA) is 54.5 Å². The molecule has 0 bridgehead atoms. The summed E-state index contributed by atoms with van der Waals surface area (Å²) in [6.07, 6.45) is 11.7. The zero-order valence-corrected chi connectivity index (χ0v) is 9.71. The molecule has 0 spiro atoms. The minimum atomic E-state index is 0.848. The van der Waals surface area contributed by atoms with Crippen LogP contribution in [-0.2, 0) is 6.42 Å². The average molecular weight is 210 g/mol. The molecule has 15 heavy (non-hydrogen) atoms. The zero-order valence-electron chi connectivity index (χ0n) is 9.71. The summed E-state index contributed by atoms with van der Waals surface area (Å²) in [5.74, 6) is 0.848. The Kier molecular flexibility index (Phi) is 6.79. The summed E-state index contributed by atoms with van der Waals surface area (Å²) < 4.78 is 0. The number of unbranched alkanes of at least 4 members (excludes halogenated alkanes) is 7. The summed E-state index contributed by atoms with van der Waals surface area (Å²) in [6, 6.07) is 0. The highest BCUT2D eigenvalue weighted by molar-refractivity contribution is 4.74. The van der Waals surface area contributed by atoms with E-state index < -0.39 is 0 Å². The van der Waals surface area contributed by atoms with E-state index in [0.717, 1.165) is 12.2 Å². The Bertz CT molecular complexity index is 221. The van der Waals surface area contributed by atoms with Gasteiger partial charge in [0, 0.05) is 6.42 Å². The molecule has 1 aromatic rings. The van der Waals surface area contributed by atoms with Crippen molar-refractivity contribution in [3.05, 3.63) is 5.82 Å². The maximum absolute atomic E-state index is 3.93. The predicted octanol–water partition coefficient (Wildman–Crippen LogP) is 2.88. The number of nitrogens with one attached hydrogen (secondary N) is 1. The second kappa shape index (κ2) is 8.38. The monoisotopic (exact) mass is 210 g/mol. The van der Waals surface area contributed by atoms with Crippen molar-refractivity contribution < 1.29 is 0 Å². The number of aryl methyl sites for hydroxylation is 1. The molecule has 86 valence electrons. The van der Waals surface area contributed by atoms with Crippen LogP contribution < -0.4 is 0 Å². The molecule has 1 N–H and O–H groups in total. The summed E-state index contributed by atoms with van der Waals surface area (Å²) in [5.41, 5.74) is 0. The van der Waals surface area contributed by atoms with E-state index in [1.807, 2.05) is 0 Å². The predicted molar refractivity (Wildman–Crippen MR) is 60.5 cm³/mol. The van der Waals surface area contributed by atoms with Gasteiger partial charge in [-0.3, -0.25) is 0 Å². The molecule has 0 aliphatic carbocycles. The fraction of sp³-hybridized carbons (Fsp3) is 0.909. The van der Waals surface area contributed by atoms with Gasteiger partial charge in [0.15, 0.2) is 5.82 Å². The Hall–Kier alpha value is -0.930. The van der Waals surface area contributed by atoms with Crippen LogP contribution in [0.25, 0.3) is 0 Å². The molecule has 0 radical (unpaired) electrons. The van der Waals surface area contributed by atoms with Crippen LogP contribution in [-0.4, -0.2) is 20.6 Å². The van der Waals surface area contributed by atoms with Crippen LogP contribution in [0.15, 0.2) is 0 Å². The summed E-state index contributed by atoms with van der Waals surface area (Å²) in [4.78, 5) is 0. The van der Waals surface area contributed by atoms with Crippen molar-refractivity contribution >= 4 is 0 Å². The van der Waals surface area contributed by atoms with Crippen molar-refractivity contribution in [3.8, 4) is 0 Å².